The summed E-state index contributed by atoms with van der Waals surface area (Å²) in [6.45, 7) is 4.16. The van der Waals surface area contributed by atoms with E-state index in [1.165, 1.54) is 0 Å². The Hall–Kier alpha value is -1.03. The summed E-state index contributed by atoms with van der Waals surface area (Å²) in [5, 5.41) is 13.0. The molecule has 4 heteroatoms. The second-order valence-corrected chi connectivity index (χ2v) is 6.62. The lowest BCUT2D eigenvalue weighted by molar-refractivity contribution is -0.146. The minimum absolute atomic E-state index is 0.125. The van der Waals surface area contributed by atoms with E-state index < -0.39 is 11.5 Å². The molecule has 1 aromatic carbocycles. The Morgan fingerprint density at radius 3 is 2.79 bits per heavy atom. The van der Waals surface area contributed by atoms with Crippen LogP contribution in [0.1, 0.15) is 33.1 Å². The maximum absolute atomic E-state index is 11.8. The number of hydrogen-bond donors (Lipinski definition) is 2. The summed E-state index contributed by atoms with van der Waals surface area (Å²) in [5.41, 5.74) is 0.0103. The first-order valence-electron chi connectivity index (χ1n) is 6.71. The van der Waals surface area contributed by atoms with E-state index in [2.05, 4.69) is 28.2 Å². The van der Waals surface area contributed by atoms with Crippen LogP contribution in [0.4, 0.5) is 5.69 Å². The van der Waals surface area contributed by atoms with Crippen LogP contribution in [-0.4, -0.2) is 16.6 Å². The Balaban J connectivity index is 2.31. The third-order valence-corrected chi connectivity index (χ3v) is 4.67. The molecule has 1 saturated carbocycles. The Bertz CT molecular complexity index is 477. The smallest absolute Gasteiger partial charge is 0.329 e. The van der Waals surface area contributed by atoms with Gasteiger partial charge in [-0.3, -0.25) is 0 Å². The number of halogens is 1. The van der Waals surface area contributed by atoms with Crippen molar-refractivity contribution in [2.45, 2.75) is 38.6 Å². The van der Waals surface area contributed by atoms with Crippen molar-refractivity contribution < 1.29 is 9.90 Å². The third kappa shape index (κ3) is 2.94. The van der Waals surface area contributed by atoms with Gasteiger partial charge in [0.1, 0.15) is 5.54 Å². The highest BCUT2D eigenvalue weighted by molar-refractivity contribution is 9.10. The van der Waals surface area contributed by atoms with Crippen LogP contribution in [0.25, 0.3) is 0 Å². The minimum atomic E-state index is -0.849. The highest BCUT2D eigenvalue weighted by Crippen LogP contribution is 2.39. The predicted molar refractivity (Wildman–Crippen MR) is 80.3 cm³/mol. The van der Waals surface area contributed by atoms with Gasteiger partial charge in [0.05, 0.1) is 0 Å². The van der Waals surface area contributed by atoms with Crippen LogP contribution in [0.15, 0.2) is 28.7 Å². The quantitative estimate of drug-likeness (QED) is 0.878. The van der Waals surface area contributed by atoms with Gasteiger partial charge in [0.2, 0.25) is 0 Å². The van der Waals surface area contributed by atoms with E-state index in [1.807, 2.05) is 31.2 Å². The first kappa shape index (κ1) is 14.4. The standard InChI is InChI=1S/C15H20BrNO2/c1-10-6-7-11(2)15(9-10,14(18)19)17-13-5-3-4-12(16)8-13/h3-5,8,10-11,17H,6-7,9H2,1-2H3,(H,18,19). The maximum atomic E-state index is 11.8. The Kier molecular flexibility index (Phi) is 4.19. The fourth-order valence-corrected chi connectivity index (χ4v) is 3.38. The normalized spacial score (nSPS) is 30.9. The lowest BCUT2D eigenvalue weighted by atomic mass is 9.69. The highest BCUT2D eigenvalue weighted by atomic mass is 79.9. The van der Waals surface area contributed by atoms with E-state index >= 15 is 0 Å². The van der Waals surface area contributed by atoms with Gasteiger partial charge >= 0.3 is 5.97 Å². The monoisotopic (exact) mass is 325 g/mol. The van der Waals surface area contributed by atoms with Crippen molar-refractivity contribution in [1.82, 2.24) is 0 Å². The predicted octanol–water partition coefficient (Wildman–Crippen LogP) is 4.14. The molecule has 0 spiro atoms. The number of nitrogens with one attached hydrogen (secondary N) is 1. The van der Waals surface area contributed by atoms with Crippen molar-refractivity contribution >= 4 is 27.6 Å². The molecule has 0 aliphatic heterocycles. The summed E-state index contributed by atoms with van der Waals surface area (Å²) in [5.74, 6) is -0.182. The third-order valence-electron chi connectivity index (χ3n) is 4.18. The second-order valence-electron chi connectivity index (χ2n) is 5.70. The lowest BCUT2D eigenvalue weighted by Crippen LogP contribution is -2.54. The van der Waals surface area contributed by atoms with Gasteiger partial charge in [-0.1, -0.05) is 42.3 Å². The average Bonchev–Trinajstić information content (AvgIpc) is 2.33. The summed E-state index contributed by atoms with van der Waals surface area (Å²) in [7, 11) is 0. The van der Waals surface area contributed by atoms with Crippen LogP contribution < -0.4 is 5.32 Å². The number of carboxylic acid groups (broad SMARTS) is 1. The zero-order valence-electron chi connectivity index (χ0n) is 11.3. The van der Waals surface area contributed by atoms with Gasteiger partial charge in [-0.25, -0.2) is 4.79 Å². The first-order chi connectivity index (χ1) is 8.94. The molecule has 0 heterocycles. The molecular formula is C15H20BrNO2. The molecule has 0 bridgehead atoms. The molecule has 2 rings (SSSR count). The number of carbonyl (C=O) groups is 1. The number of rotatable bonds is 3. The molecule has 0 saturated heterocycles. The minimum Gasteiger partial charge on any atom is -0.479 e. The molecule has 2 N–H and O–H groups in total. The summed E-state index contributed by atoms with van der Waals surface area (Å²) in [6.07, 6.45) is 2.74. The molecule has 1 aromatic rings. The van der Waals surface area contributed by atoms with E-state index in [0.29, 0.717) is 12.3 Å². The van der Waals surface area contributed by atoms with Crippen molar-refractivity contribution in [2.75, 3.05) is 5.32 Å². The van der Waals surface area contributed by atoms with Crippen LogP contribution in [0, 0.1) is 11.8 Å². The molecule has 19 heavy (non-hydrogen) atoms. The number of benzene rings is 1. The topological polar surface area (TPSA) is 49.3 Å². The Morgan fingerprint density at radius 1 is 1.42 bits per heavy atom. The van der Waals surface area contributed by atoms with E-state index in [-0.39, 0.29) is 5.92 Å². The van der Waals surface area contributed by atoms with Crippen molar-refractivity contribution in [2.24, 2.45) is 11.8 Å². The Morgan fingerprint density at radius 2 is 2.16 bits per heavy atom. The summed E-state index contributed by atoms with van der Waals surface area (Å²) in [4.78, 5) is 11.8. The molecule has 0 radical (unpaired) electrons. The average molecular weight is 326 g/mol. The highest BCUT2D eigenvalue weighted by Gasteiger charge is 2.47. The largest absolute Gasteiger partial charge is 0.479 e. The molecule has 3 nitrogen and oxygen atoms in total. The molecular weight excluding hydrogens is 306 g/mol. The van der Waals surface area contributed by atoms with E-state index in [0.717, 1.165) is 23.0 Å². The van der Waals surface area contributed by atoms with Crippen molar-refractivity contribution in [3.05, 3.63) is 28.7 Å². The maximum Gasteiger partial charge on any atom is 0.329 e. The van der Waals surface area contributed by atoms with Gasteiger partial charge in [0.15, 0.2) is 0 Å². The second kappa shape index (κ2) is 5.53. The van der Waals surface area contributed by atoms with Crippen molar-refractivity contribution in [1.29, 1.82) is 0 Å². The zero-order valence-corrected chi connectivity index (χ0v) is 12.9. The molecule has 3 atom stereocenters. The van der Waals surface area contributed by atoms with Crippen molar-refractivity contribution in [3.8, 4) is 0 Å². The molecule has 1 fully saturated rings. The summed E-state index contributed by atoms with van der Waals surface area (Å²) in [6, 6.07) is 7.70. The lowest BCUT2D eigenvalue weighted by Gasteiger charge is -2.43. The zero-order chi connectivity index (χ0) is 14.0. The van der Waals surface area contributed by atoms with Gasteiger partial charge in [-0.2, -0.15) is 0 Å². The number of hydrogen-bond acceptors (Lipinski definition) is 2. The van der Waals surface area contributed by atoms with Crippen LogP contribution in [0.2, 0.25) is 0 Å². The van der Waals surface area contributed by atoms with Gasteiger partial charge in [-0.05, 0) is 42.9 Å². The fourth-order valence-electron chi connectivity index (χ4n) is 2.98. The van der Waals surface area contributed by atoms with E-state index in [4.69, 9.17) is 0 Å². The van der Waals surface area contributed by atoms with Crippen molar-refractivity contribution in [3.63, 3.8) is 0 Å². The van der Waals surface area contributed by atoms with Gasteiger partial charge in [0.25, 0.3) is 0 Å². The number of aliphatic carboxylic acids is 1. The number of anilines is 1. The van der Waals surface area contributed by atoms with Gasteiger partial charge in [0, 0.05) is 10.2 Å². The molecule has 104 valence electrons. The molecule has 1 aliphatic rings. The first-order valence-corrected chi connectivity index (χ1v) is 7.50. The van der Waals surface area contributed by atoms with Gasteiger partial charge < -0.3 is 10.4 Å². The van der Waals surface area contributed by atoms with Gasteiger partial charge in [-0.15, -0.1) is 0 Å². The molecule has 0 aromatic heterocycles. The number of carboxylic acids is 1. The molecule has 3 unspecified atom stereocenters. The van der Waals surface area contributed by atoms with Crippen LogP contribution >= 0.6 is 15.9 Å². The van der Waals surface area contributed by atoms with Crippen LogP contribution in [0.5, 0.6) is 0 Å². The Labute approximate surface area is 122 Å². The molecule has 1 aliphatic carbocycles. The SMILES string of the molecule is CC1CCC(C)C(Nc2cccc(Br)c2)(C(=O)O)C1. The summed E-state index contributed by atoms with van der Waals surface area (Å²) >= 11 is 3.42. The van der Waals surface area contributed by atoms with E-state index in [9.17, 15) is 9.90 Å². The van der Waals surface area contributed by atoms with E-state index in [1.54, 1.807) is 0 Å². The molecule has 0 amide bonds. The summed E-state index contributed by atoms with van der Waals surface area (Å²) < 4.78 is 0.953. The fraction of sp³-hybridized carbons (Fsp3) is 0.533. The van der Waals surface area contributed by atoms with Crippen LogP contribution in [-0.2, 0) is 4.79 Å². The van der Waals surface area contributed by atoms with Crippen LogP contribution in [0.3, 0.4) is 0 Å².